The highest BCUT2D eigenvalue weighted by Crippen LogP contribution is 2.12. The molecule has 186 valence electrons. The van der Waals surface area contributed by atoms with Crippen LogP contribution < -0.4 is 0 Å². The van der Waals surface area contributed by atoms with E-state index in [0.717, 1.165) is 25.7 Å². The summed E-state index contributed by atoms with van der Waals surface area (Å²) in [7, 11) is 0. The van der Waals surface area contributed by atoms with E-state index in [1.165, 1.54) is 116 Å². The Hall–Kier alpha value is -0.770. The average Bonchev–Trinajstić information content (AvgIpc) is 2.77. The van der Waals surface area contributed by atoms with Crippen LogP contribution in [0.4, 0.5) is 4.79 Å². The van der Waals surface area contributed by atoms with Crippen LogP contribution >= 0.6 is 0 Å². The molecule has 0 radical (unpaired) electrons. The van der Waals surface area contributed by atoms with Crippen molar-refractivity contribution in [1.82, 2.24) is 0 Å². The lowest BCUT2D eigenvalue weighted by atomic mass is 10.1. The fourth-order valence-corrected chi connectivity index (χ4v) is 3.86. The lowest BCUT2D eigenvalue weighted by Gasteiger charge is -2.06. The molecule has 0 saturated heterocycles. The summed E-state index contributed by atoms with van der Waals surface area (Å²) in [6.45, 7) is 5.41. The summed E-state index contributed by atoms with van der Waals surface area (Å²) in [5, 5.41) is 0. The maximum atomic E-state index is 11.5. The molecular formula is C27H54O4. The second kappa shape index (κ2) is 27.3. The number of ether oxygens (including phenoxy) is 1. The van der Waals surface area contributed by atoms with Crippen molar-refractivity contribution in [2.75, 3.05) is 13.2 Å². The van der Waals surface area contributed by atoms with Crippen molar-refractivity contribution in [1.29, 1.82) is 0 Å². The van der Waals surface area contributed by atoms with Crippen molar-refractivity contribution in [3.8, 4) is 0 Å². The predicted octanol–water partition coefficient (Wildman–Crippen LogP) is 9.69. The molecule has 0 rings (SSSR count). The fourth-order valence-electron chi connectivity index (χ4n) is 3.86. The molecular weight excluding hydrogens is 388 g/mol. The summed E-state index contributed by atoms with van der Waals surface area (Å²) in [5.41, 5.74) is 0. The minimum Gasteiger partial charge on any atom is -0.432 e. The van der Waals surface area contributed by atoms with E-state index < -0.39 is 6.16 Å². The normalized spacial score (nSPS) is 11.0. The van der Waals surface area contributed by atoms with Crippen LogP contribution in [-0.4, -0.2) is 19.4 Å². The van der Waals surface area contributed by atoms with Crippen LogP contribution in [0.1, 0.15) is 155 Å². The molecule has 4 nitrogen and oxygen atoms in total. The fraction of sp³-hybridized carbons (Fsp3) is 0.963. The molecule has 0 aromatic rings. The van der Waals surface area contributed by atoms with Crippen molar-refractivity contribution in [2.45, 2.75) is 155 Å². The Labute approximate surface area is 194 Å². The van der Waals surface area contributed by atoms with Crippen LogP contribution in [0.15, 0.2) is 0 Å². The molecule has 0 aromatic heterocycles. The predicted molar refractivity (Wildman–Crippen MR) is 131 cm³/mol. The smallest absolute Gasteiger partial charge is 0.432 e. The van der Waals surface area contributed by atoms with Crippen molar-refractivity contribution >= 4 is 6.16 Å². The molecule has 0 unspecified atom stereocenters. The Morgan fingerprint density at radius 1 is 0.452 bits per heavy atom. The molecule has 0 heterocycles. The highest BCUT2D eigenvalue weighted by atomic mass is 17.2. The number of carbonyl (C=O) groups is 1. The Kier molecular flexibility index (Phi) is 26.6. The Bertz CT molecular complexity index is 346. The van der Waals surface area contributed by atoms with Gasteiger partial charge in [-0.15, -0.1) is 0 Å². The number of hydrogen-bond donors (Lipinski definition) is 0. The first-order valence-electron chi connectivity index (χ1n) is 13.8. The lowest BCUT2D eigenvalue weighted by Crippen LogP contribution is -2.09. The van der Waals surface area contributed by atoms with Crippen molar-refractivity contribution in [3.63, 3.8) is 0 Å². The van der Waals surface area contributed by atoms with Gasteiger partial charge in [-0.3, -0.25) is 4.89 Å². The Balaban J connectivity index is 3.14. The minimum absolute atomic E-state index is 0.428. The second-order valence-corrected chi connectivity index (χ2v) is 9.07. The molecule has 0 spiro atoms. The van der Waals surface area contributed by atoms with E-state index >= 15 is 0 Å². The van der Waals surface area contributed by atoms with Gasteiger partial charge in [0.1, 0.15) is 0 Å². The van der Waals surface area contributed by atoms with Gasteiger partial charge >= 0.3 is 6.16 Å². The maximum absolute atomic E-state index is 11.5. The van der Waals surface area contributed by atoms with E-state index in [9.17, 15) is 4.79 Å². The number of hydrogen-bond acceptors (Lipinski definition) is 4. The summed E-state index contributed by atoms with van der Waals surface area (Å²) in [6, 6.07) is 0. The highest BCUT2D eigenvalue weighted by Gasteiger charge is 2.04. The van der Waals surface area contributed by atoms with Crippen LogP contribution in [0.2, 0.25) is 0 Å². The van der Waals surface area contributed by atoms with E-state index in [0.29, 0.717) is 13.2 Å². The molecule has 0 amide bonds. The molecule has 0 atom stereocenters. The quantitative estimate of drug-likeness (QED) is 0.0610. The summed E-state index contributed by atoms with van der Waals surface area (Å²) in [4.78, 5) is 21.1. The van der Waals surface area contributed by atoms with Gasteiger partial charge in [-0.25, -0.2) is 4.79 Å². The van der Waals surface area contributed by atoms with E-state index in [1.54, 1.807) is 0 Å². The maximum Gasteiger partial charge on any atom is 0.540 e. The molecule has 0 fully saturated rings. The SMILES string of the molecule is CCCCCCCCCCCCCOOC(=O)OCCCCCCCCCCCCC. The molecule has 0 N–H and O–H groups in total. The van der Waals surface area contributed by atoms with Crippen LogP contribution in [0.5, 0.6) is 0 Å². The Morgan fingerprint density at radius 2 is 0.774 bits per heavy atom. The molecule has 0 saturated carbocycles. The first-order valence-corrected chi connectivity index (χ1v) is 13.8. The van der Waals surface area contributed by atoms with Gasteiger partial charge in [-0.2, -0.15) is 4.89 Å². The molecule has 0 bridgehead atoms. The first kappa shape index (κ1) is 30.2. The van der Waals surface area contributed by atoms with E-state index in [2.05, 4.69) is 18.7 Å². The Morgan fingerprint density at radius 3 is 1.16 bits per heavy atom. The number of rotatable bonds is 25. The van der Waals surface area contributed by atoms with Gasteiger partial charge in [0.05, 0.1) is 13.2 Å². The van der Waals surface area contributed by atoms with Crippen LogP contribution in [0.3, 0.4) is 0 Å². The zero-order valence-corrected chi connectivity index (χ0v) is 21.1. The standard InChI is InChI=1S/C27H54O4/c1-3-5-7-9-11-13-15-17-19-21-23-25-29-27(28)31-30-26-24-22-20-18-16-14-12-10-8-6-4-2/h3-26H2,1-2H3. The molecule has 0 aliphatic carbocycles. The van der Waals surface area contributed by atoms with E-state index in [-0.39, 0.29) is 0 Å². The summed E-state index contributed by atoms with van der Waals surface area (Å²) < 4.78 is 5.05. The highest BCUT2D eigenvalue weighted by molar-refractivity contribution is 5.58. The van der Waals surface area contributed by atoms with Gasteiger partial charge in [0.2, 0.25) is 0 Å². The topological polar surface area (TPSA) is 44.8 Å². The van der Waals surface area contributed by atoms with Gasteiger partial charge < -0.3 is 4.74 Å². The molecule has 31 heavy (non-hydrogen) atoms. The van der Waals surface area contributed by atoms with Crippen LogP contribution in [0, 0.1) is 0 Å². The third kappa shape index (κ3) is 27.2. The average molecular weight is 443 g/mol. The lowest BCUT2D eigenvalue weighted by molar-refractivity contribution is -0.255. The number of carbonyl (C=O) groups excluding carboxylic acids is 1. The third-order valence-corrected chi connectivity index (χ3v) is 5.93. The van der Waals surface area contributed by atoms with Crippen molar-refractivity contribution < 1.29 is 19.3 Å². The van der Waals surface area contributed by atoms with Crippen molar-refractivity contribution in [2.24, 2.45) is 0 Å². The molecule has 4 heteroatoms. The van der Waals surface area contributed by atoms with Gasteiger partial charge in [0.15, 0.2) is 0 Å². The van der Waals surface area contributed by atoms with Crippen molar-refractivity contribution in [3.05, 3.63) is 0 Å². The first-order chi connectivity index (χ1) is 15.3. The van der Waals surface area contributed by atoms with Gasteiger partial charge in [0.25, 0.3) is 0 Å². The summed E-state index contributed by atoms with van der Waals surface area (Å²) in [5.74, 6) is 0. The third-order valence-electron chi connectivity index (χ3n) is 5.93. The summed E-state index contributed by atoms with van der Waals surface area (Å²) >= 11 is 0. The molecule has 0 aromatic carbocycles. The monoisotopic (exact) mass is 442 g/mol. The van der Waals surface area contributed by atoms with E-state index in [1.807, 2.05) is 0 Å². The van der Waals surface area contributed by atoms with Gasteiger partial charge in [0, 0.05) is 0 Å². The van der Waals surface area contributed by atoms with Crippen LogP contribution in [-0.2, 0) is 14.5 Å². The number of unbranched alkanes of at least 4 members (excludes halogenated alkanes) is 20. The summed E-state index contributed by atoms with van der Waals surface area (Å²) in [6.07, 6.45) is 27.6. The molecule has 0 aliphatic rings. The minimum atomic E-state index is -0.699. The van der Waals surface area contributed by atoms with Gasteiger partial charge in [-0.05, 0) is 12.8 Å². The van der Waals surface area contributed by atoms with Crippen LogP contribution in [0.25, 0.3) is 0 Å². The van der Waals surface area contributed by atoms with E-state index in [4.69, 9.17) is 9.62 Å². The second-order valence-electron chi connectivity index (χ2n) is 9.07. The zero-order valence-electron chi connectivity index (χ0n) is 21.1. The van der Waals surface area contributed by atoms with Gasteiger partial charge in [-0.1, -0.05) is 142 Å². The zero-order chi connectivity index (χ0) is 22.7. The largest absolute Gasteiger partial charge is 0.540 e. The molecule has 0 aliphatic heterocycles.